The van der Waals surface area contributed by atoms with Gasteiger partial charge in [-0.3, -0.25) is 0 Å². The maximum Gasteiger partial charge on any atom is -0.0140 e. The Kier molecular flexibility index (Phi) is 13.0. The minimum atomic E-state index is 1.50. The molecule has 0 aliphatic heterocycles. The molecule has 0 aromatic carbocycles. The minimum absolute atomic E-state index is 1.50. The zero-order chi connectivity index (χ0) is 12.1. The molecule has 1 rings (SSSR count). The largest absolute Gasteiger partial charge is 0.312 e. The third-order valence-corrected chi connectivity index (χ3v) is 3.00. The number of hydrogen-bond donors (Lipinski definition) is 0. The number of hydrogen-bond acceptors (Lipinski definition) is 1. The van der Waals surface area contributed by atoms with E-state index in [1.165, 1.54) is 77.0 Å². The Balaban J connectivity index is 0.000000487. The van der Waals surface area contributed by atoms with Crippen molar-refractivity contribution in [2.45, 2.75) is 77.0 Å². The van der Waals surface area contributed by atoms with E-state index in [1.54, 1.807) is 0 Å². The van der Waals surface area contributed by atoms with Crippen molar-refractivity contribution in [3.05, 3.63) is 0 Å². The maximum absolute atomic E-state index is 2.00. The highest BCUT2D eigenvalue weighted by molar-refractivity contribution is 4.51. The van der Waals surface area contributed by atoms with Crippen molar-refractivity contribution in [2.75, 3.05) is 21.1 Å². The first-order valence-corrected chi connectivity index (χ1v) is 7.34. The molecule has 1 heteroatoms. The van der Waals surface area contributed by atoms with E-state index in [-0.39, 0.29) is 0 Å². The highest BCUT2D eigenvalue weighted by Crippen LogP contribution is 2.15. The van der Waals surface area contributed by atoms with Crippen molar-refractivity contribution >= 4 is 0 Å². The Labute approximate surface area is 104 Å². The maximum atomic E-state index is 2.00. The van der Waals surface area contributed by atoms with Crippen molar-refractivity contribution < 1.29 is 0 Å². The van der Waals surface area contributed by atoms with Crippen LogP contribution in [0.5, 0.6) is 0 Å². The van der Waals surface area contributed by atoms with Crippen molar-refractivity contribution in [1.82, 2.24) is 4.90 Å². The Hall–Kier alpha value is -0.0400. The van der Waals surface area contributed by atoms with Crippen LogP contribution in [-0.4, -0.2) is 26.0 Å². The van der Waals surface area contributed by atoms with Crippen LogP contribution in [0.2, 0.25) is 0 Å². The molecule has 1 aliphatic carbocycles. The van der Waals surface area contributed by atoms with Crippen LogP contribution in [0.25, 0.3) is 0 Å². The Morgan fingerprint density at radius 2 is 0.438 bits per heavy atom. The quantitative estimate of drug-likeness (QED) is 0.571. The third-order valence-electron chi connectivity index (χ3n) is 3.00. The summed E-state index contributed by atoms with van der Waals surface area (Å²) in [6, 6.07) is 0. The van der Waals surface area contributed by atoms with Gasteiger partial charge in [0.05, 0.1) is 0 Å². The van der Waals surface area contributed by atoms with E-state index in [4.69, 9.17) is 0 Å². The van der Waals surface area contributed by atoms with Gasteiger partial charge in [0.25, 0.3) is 0 Å². The molecular formula is C15H33N. The molecule has 0 aromatic rings. The van der Waals surface area contributed by atoms with Crippen molar-refractivity contribution in [1.29, 1.82) is 0 Å². The number of rotatable bonds is 0. The summed E-state index contributed by atoms with van der Waals surface area (Å²) >= 11 is 0. The predicted molar refractivity (Wildman–Crippen MR) is 75.0 cm³/mol. The molecule has 1 nitrogen and oxygen atoms in total. The first kappa shape index (κ1) is 16.0. The van der Waals surface area contributed by atoms with E-state index in [2.05, 4.69) is 0 Å². The van der Waals surface area contributed by atoms with E-state index in [9.17, 15) is 0 Å². The normalized spacial score (nSPS) is 20.2. The lowest BCUT2D eigenvalue weighted by Crippen LogP contribution is -1.99. The molecule has 0 spiro atoms. The average molecular weight is 227 g/mol. The van der Waals surface area contributed by atoms with E-state index in [0.29, 0.717) is 0 Å². The van der Waals surface area contributed by atoms with Crippen molar-refractivity contribution in [2.24, 2.45) is 0 Å². The van der Waals surface area contributed by atoms with Gasteiger partial charge in [-0.05, 0) is 21.1 Å². The summed E-state index contributed by atoms with van der Waals surface area (Å²) in [6.07, 6.45) is 18.0. The van der Waals surface area contributed by atoms with Crippen LogP contribution < -0.4 is 0 Å². The predicted octanol–water partition coefficient (Wildman–Crippen LogP) is 4.86. The molecule has 0 N–H and O–H groups in total. The molecule has 1 aliphatic rings. The molecule has 0 atom stereocenters. The summed E-state index contributed by atoms with van der Waals surface area (Å²) in [5.41, 5.74) is 0. The summed E-state index contributed by atoms with van der Waals surface area (Å²) in [4.78, 5) is 2.00. The molecule has 1 saturated carbocycles. The molecule has 98 valence electrons. The smallest absolute Gasteiger partial charge is 0.0140 e. The Morgan fingerprint density at radius 1 is 0.375 bits per heavy atom. The first-order valence-electron chi connectivity index (χ1n) is 7.34. The van der Waals surface area contributed by atoms with Crippen LogP contribution in [0.3, 0.4) is 0 Å². The van der Waals surface area contributed by atoms with Crippen LogP contribution in [0.4, 0.5) is 0 Å². The topological polar surface area (TPSA) is 3.24 Å². The molecule has 0 bridgehead atoms. The second kappa shape index (κ2) is 13.0. The zero-order valence-corrected chi connectivity index (χ0v) is 11.9. The van der Waals surface area contributed by atoms with E-state index in [0.717, 1.165) is 0 Å². The first-order chi connectivity index (χ1) is 7.73. The standard InChI is InChI=1S/C12H24.C3H9N/c1-2-4-6-8-10-12-11-9-7-5-3-1;1-4(2)3/h1-12H2;1-3H3. The number of nitrogens with zero attached hydrogens (tertiary/aromatic N) is 1. The van der Waals surface area contributed by atoms with Gasteiger partial charge in [0.15, 0.2) is 0 Å². The zero-order valence-electron chi connectivity index (χ0n) is 11.9. The van der Waals surface area contributed by atoms with Gasteiger partial charge in [0, 0.05) is 0 Å². The fraction of sp³-hybridized carbons (Fsp3) is 1.00. The highest BCUT2D eigenvalue weighted by Gasteiger charge is 1.96. The van der Waals surface area contributed by atoms with Gasteiger partial charge in [-0.2, -0.15) is 0 Å². The SMILES string of the molecule is C1CCCCCCCCCCC1.CN(C)C. The average Bonchev–Trinajstić information content (AvgIpc) is 2.17. The Morgan fingerprint density at radius 3 is 0.500 bits per heavy atom. The van der Waals surface area contributed by atoms with Crippen molar-refractivity contribution in [3.8, 4) is 0 Å². The fourth-order valence-electron chi connectivity index (χ4n) is 2.12. The fourth-order valence-corrected chi connectivity index (χ4v) is 2.12. The third kappa shape index (κ3) is 16.4. The summed E-state index contributed by atoms with van der Waals surface area (Å²) in [5.74, 6) is 0. The van der Waals surface area contributed by atoms with Gasteiger partial charge < -0.3 is 4.90 Å². The highest BCUT2D eigenvalue weighted by atomic mass is 15.0. The summed E-state index contributed by atoms with van der Waals surface area (Å²) in [6.45, 7) is 0. The van der Waals surface area contributed by atoms with Gasteiger partial charge in [-0.1, -0.05) is 77.0 Å². The van der Waals surface area contributed by atoms with Gasteiger partial charge in [-0.15, -0.1) is 0 Å². The second-order valence-corrected chi connectivity index (χ2v) is 5.58. The lowest BCUT2D eigenvalue weighted by molar-refractivity contribution is 0.504. The monoisotopic (exact) mass is 227 g/mol. The molecule has 0 radical (unpaired) electrons. The molecule has 0 aromatic heterocycles. The molecule has 0 unspecified atom stereocenters. The van der Waals surface area contributed by atoms with Gasteiger partial charge in [0.1, 0.15) is 0 Å². The van der Waals surface area contributed by atoms with Crippen LogP contribution in [0, 0.1) is 0 Å². The van der Waals surface area contributed by atoms with Gasteiger partial charge in [0.2, 0.25) is 0 Å². The summed E-state index contributed by atoms with van der Waals surface area (Å²) in [5, 5.41) is 0. The molecule has 0 amide bonds. The van der Waals surface area contributed by atoms with Crippen LogP contribution in [0.1, 0.15) is 77.0 Å². The molecule has 0 saturated heterocycles. The second-order valence-electron chi connectivity index (χ2n) is 5.58. The summed E-state index contributed by atoms with van der Waals surface area (Å²) in [7, 11) is 6.00. The van der Waals surface area contributed by atoms with Crippen LogP contribution in [0.15, 0.2) is 0 Å². The summed E-state index contributed by atoms with van der Waals surface area (Å²) < 4.78 is 0. The minimum Gasteiger partial charge on any atom is -0.312 e. The Bertz CT molecular complexity index is 74.8. The van der Waals surface area contributed by atoms with Gasteiger partial charge >= 0.3 is 0 Å². The van der Waals surface area contributed by atoms with E-state index < -0.39 is 0 Å². The van der Waals surface area contributed by atoms with E-state index >= 15 is 0 Å². The molecule has 1 fully saturated rings. The molecule has 16 heavy (non-hydrogen) atoms. The van der Waals surface area contributed by atoms with E-state index in [1.807, 2.05) is 26.0 Å². The van der Waals surface area contributed by atoms with Gasteiger partial charge in [-0.25, -0.2) is 0 Å². The van der Waals surface area contributed by atoms with Crippen molar-refractivity contribution in [3.63, 3.8) is 0 Å². The lowest BCUT2D eigenvalue weighted by atomic mass is 10.0. The molecular weight excluding hydrogens is 194 g/mol. The molecule has 0 heterocycles. The lowest BCUT2D eigenvalue weighted by Gasteiger charge is -2.05. The van der Waals surface area contributed by atoms with Crippen LogP contribution >= 0.6 is 0 Å². The van der Waals surface area contributed by atoms with Crippen LogP contribution in [-0.2, 0) is 0 Å².